The van der Waals surface area contributed by atoms with Crippen LogP contribution in [0.15, 0.2) is 18.2 Å². The van der Waals surface area contributed by atoms with Crippen molar-refractivity contribution in [3.05, 3.63) is 35.4 Å². The third-order valence-electron chi connectivity index (χ3n) is 6.18. The van der Waals surface area contributed by atoms with E-state index in [-0.39, 0.29) is 6.10 Å². The highest BCUT2D eigenvalue weighted by Gasteiger charge is 2.43. The Morgan fingerprint density at radius 1 is 1.00 bits per heavy atom. The molecule has 132 valence electrons. The summed E-state index contributed by atoms with van der Waals surface area (Å²) in [5.74, 6) is -0.410. The maximum Gasteiger partial charge on any atom is 0.159 e. The molecule has 0 aromatic heterocycles. The fraction of sp³-hybridized carbons (Fsp3) is 0.684. The van der Waals surface area contributed by atoms with Crippen molar-refractivity contribution in [3.8, 4) is 0 Å². The van der Waals surface area contributed by atoms with Gasteiger partial charge in [0.25, 0.3) is 0 Å². The molecular weight excluding hydrogens is 310 g/mol. The summed E-state index contributed by atoms with van der Waals surface area (Å²) in [5.41, 5.74) is 0.823. The number of benzene rings is 1. The lowest BCUT2D eigenvalue weighted by atomic mass is 9.77. The van der Waals surface area contributed by atoms with Gasteiger partial charge in [0.1, 0.15) is 0 Å². The second-order valence-electron chi connectivity index (χ2n) is 7.81. The zero-order valence-corrected chi connectivity index (χ0v) is 14.0. The molecule has 2 saturated heterocycles. The molecule has 5 heteroatoms. The molecule has 0 amide bonds. The molecular formula is C19H26F2N2O. The molecule has 24 heavy (non-hydrogen) atoms. The maximum atomic E-state index is 13.4. The topological polar surface area (TPSA) is 26.7 Å². The van der Waals surface area contributed by atoms with Gasteiger partial charge >= 0.3 is 0 Å². The lowest BCUT2D eigenvalue weighted by Crippen LogP contribution is -2.48. The van der Waals surface area contributed by atoms with Crippen LogP contribution in [0.4, 0.5) is 8.78 Å². The van der Waals surface area contributed by atoms with Crippen LogP contribution in [0, 0.1) is 23.5 Å². The second kappa shape index (κ2) is 6.70. The molecule has 1 N–H and O–H groups in total. The first-order chi connectivity index (χ1) is 11.6. The van der Waals surface area contributed by atoms with Crippen LogP contribution in [-0.2, 0) is 6.54 Å². The summed E-state index contributed by atoms with van der Waals surface area (Å²) in [5, 5.41) is 10.6. The zero-order chi connectivity index (χ0) is 16.7. The van der Waals surface area contributed by atoms with Gasteiger partial charge in [0.05, 0.1) is 6.10 Å². The van der Waals surface area contributed by atoms with E-state index in [2.05, 4.69) is 9.80 Å². The van der Waals surface area contributed by atoms with Crippen molar-refractivity contribution >= 4 is 0 Å². The average molecular weight is 336 g/mol. The Labute approximate surface area is 142 Å². The minimum absolute atomic E-state index is 0.215. The summed E-state index contributed by atoms with van der Waals surface area (Å²) in [6.45, 7) is 4.86. The van der Waals surface area contributed by atoms with Gasteiger partial charge in [-0.05, 0) is 68.3 Å². The van der Waals surface area contributed by atoms with Gasteiger partial charge in [0.2, 0.25) is 0 Å². The third-order valence-corrected chi connectivity index (χ3v) is 6.18. The number of hydrogen-bond acceptors (Lipinski definition) is 3. The summed E-state index contributed by atoms with van der Waals surface area (Å²) >= 11 is 0. The van der Waals surface area contributed by atoms with E-state index in [4.69, 9.17) is 0 Å². The van der Waals surface area contributed by atoms with Gasteiger partial charge in [0, 0.05) is 25.7 Å². The Balaban J connectivity index is 1.39. The number of hydrogen-bond donors (Lipinski definition) is 1. The Morgan fingerprint density at radius 2 is 1.71 bits per heavy atom. The van der Waals surface area contributed by atoms with Crippen LogP contribution in [0.3, 0.4) is 0 Å². The average Bonchev–Trinajstić information content (AvgIpc) is 3.19. The molecule has 1 aromatic rings. The fourth-order valence-corrected chi connectivity index (χ4v) is 5.00. The van der Waals surface area contributed by atoms with Gasteiger partial charge in [-0.25, -0.2) is 8.78 Å². The summed E-state index contributed by atoms with van der Waals surface area (Å²) in [6, 6.07) is 4.50. The van der Waals surface area contributed by atoms with Gasteiger partial charge in [-0.2, -0.15) is 0 Å². The molecule has 4 atom stereocenters. The summed E-state index contributed by atoms with van der Waals surface area (Å²) < 4.78 is 26.5. The number of likely N-dealkylation sites (tertiary alicyclic amines) is 2. The Bertz CT molecular complexity index is 591. The van der Waals surface area contributed by atoms with Gasteiger partial charge in [-0.3, -0.25) is 9.80 Å². The van der Waals surface area contributed by atoms with Crippen molar-refractivity contribution in [1.29, 1.82) is 0 Å². The largest absolute Gasteiger partial charge is 0.391 e. The Hall–Kier alpha value is -1.04. The number of rotatable bonds is 3. The molecule has 3 nitrogen and oxygen atoms in total. The molecule has 0 unspecified atom stereocenters. The van der Waals surface area contributed by atoms with E-state index in [1.165, 1.54) is 25.0 Å². The summed E-state index contributed by atoms with van der Waals surface area (Å²) in [7, 11) is 0. The SMILES string of the molecule is O[C@@H]1C[C@H]2CN(Cc3ccc(F)c(F)c3)C[C@H]2C[C@H]1N1CCCC1. The first-order valence-corrected chi connectivity index (χ1v) is 9.18. The van der Waals surface area contributed by atoms with E-state index in [0.717, 1.165) is 44.6 Å². The first-order valence-electron chi connectivity index (χ1n) is 9.18. The van der Waals surface area contributed by atoms with E-state index < -0.39 is 11.6 Å². The highest BCUT2D eigenvalue weighted by atomic mass is 19.2. The summed E-state index contributed by atoms with van der Waals surface area (Å²) in [6.07, 6.45) is 4.23. The molecule has 3 fully saturated rings. The molecule has 0 radical (unpaired) electrons. The van der Waals surface area contributed by atoms with E-state index >= 15 is 0 Å². The van der Waals surface area contributed by atoms with Crippen LogP contribution in [0.2, 0.25) is 0 Å². The fourth-order valence-electron chi connectivity index (χ4n) is 5.00. The highest BCUT2D eigenvalue weighted by molar-refractivity contribution is 5.18. The van der Waals surface area contributed by atoms with Gasteiger partial charge in [-0.15, -0.1) is 0 Å². The maximum absolute atomic E-state index is 13.4. The van der Waals surface area contributed by atoms with Crippen LogP contribution in [0.1, 0.15) is 31.2 Å². The van der Waals surface area contributed by atoms with E-state index in [9.17, 15) is 13.9 Å². The van der Waals surface area contributed by atoms with Crippen molar-refractivity contribution in [1.82, 2.24) is 9.80 Å². The second-order valence-corrected chi connectivity index (χ2v) is 7.81. The smallest absolute Gasteiger partial charge is 0.159 e. The molecule has 0 spiro atoms. The van der Waals surface area contributed by atoms with Crippen molar-refractivity contribution in [2.24, 2.45) is 11.8 Å². The van der Waals surface area contributed by atoms with Crippen LogP contribution in [0.5, 0.6) is 0 Å². The van der Waals surface area contributed by atoms with Crippen LogP contribution in [-0.4, -0.2) is 53.2 Å². The number of aliphatic hydroxyl groups is 1. The lowest BCUT2D eigenvalue weighted by Gasteiger charge is -2.40. The standard InChI is InChI=1S/C19H26F2N2O/c20-16-4-3-13(7-17(16)21)10-22-11-14-8-18(23-5-1-2-6-23)19(24)9-15(14)12-22/h3-4,7,14-15,18-19,24H,1-2,5-6,8-12H2/t14-,15+,18-,19-/m1/s1. The molecule has 4 rings (SSSR count). The Kier molecular flexibility index (Phi) is 4.58. The van der Waals surface area contributed by atoms with Gasteiger partial charge in [-0.1, -0.05) is 6.07 Å². The van der Waals surface area contributed by atoms with Crippen molar-refractivity contribution in [2.45, 2.75) is 44.4 Å². The van der Waals surface area contributed by atoms with Crippen LogP contribution >= 0.6 is 0 Å². The predicted molar refractivity (Wildman–Crippen MR) is 88.5 cm³/mol. The summed E-state index contributed by atoms with van der Waals surface area (Å²) in [4.78, 5) is 4.81. The molecule has 0 bridgehead atoms. The highest BCUT2D eigenvalue weighted by Crippen LogP contribution is 2.39. The molecule has 1 aliphatic carbocycles. The van der Waals surface area contributed by atoms with Crippen molar-refractivity contribution in [3.63, 3.8) is 0 Å². The molecule has 1 saturated carbocycles. The number of aliphatic hydroxyl groups excluding tert-OH is 1. The molecule has 2 heterocycles. The zero-order valence-electron chi connectivity index (χ0n) is 14.0. The van der Waals surface area contributed by atoms with Crippen molar-refractivity contribution in [2.75, 3.05) is 26.2 Å². The van der Waals surface area contributed by atoms with Crippen molar-refractivity contribution < 1.29 is 13.9 Å². The number of fused-ring (bicyclic) bond motifs is 1. The molecule has 1 aromatic carbocycles. The third kappa shape index (κ3) is 3.22. The Morgan fingerprint density at radius 3 is 2.42 bits per heavy atom. The lowest BCUT2D eigenvalue weighted by molar-refractivity contribution is -0.000861. The minimum atomic E-state index is -0.787. The monoisotopic (exact) mass is 336 g/mol. The van der Waals surface area contributed by atoms with E-state index in [1.807, 2.05) is 0 Å². The van der Waals surface area contributed by atoms with Gasteiger partial charge in [0.15, 0.2) is 11.6 Å². The van der Waals surface area contributed by atoms with E-state index in [0.29, 0.717) is 24.4 Å². The number of nitrogens with zero attached hydrogens (tertiary/aromatic N) is 2. The quantitative estimate of drug-likeness (QED) is 0.919. The van der Waals surface area contributed by atoms with Gasteiger partial charge < -0.3 is 5.11 Å². The normalized spacial score (nSPS) is 34.6. The molecule has 2 aliphatic heterocycles. The number of halogens is 2. The first kappa shape index (κ1) is 16.4. The van der Waals surface area contributed by atoms with Crippen LogP contribution < -0.4 is 0 Å². The minimum Gasteiger partial charge on any atom is -0.391 e. The molecule has 3 aliphatic rings. The van der Waals surface area contributed by atoms with Crippen LogP contribution in [0.25, 0.3) is 0 Å². The van der Waals surface area contributed by atoms with E-state index in [1.54, 1.807) is 6.07 Å². The predicted octanol–water partition coefficient (Wildman–Crippen LogP) is 2.63.